The average molecular weight is 549 g/mol. The number of nitrogens with zero attached hydrogens (tertiary/aromatic N) is 4. The summed E-state index contributed by atoms with van der Waals surface area (Å²) in [6.07, 6.45) is 6.98. The Bertz CT molecular complexity index is 1660. The second kappa shape index (κ2) is 11.5. The zero-order valence-corrected chi connectivity index (χ0v) is 23.5. The van der Waals surface area contributed by atoms with Gasteiger partial charge in [0.05, 0.1) is 26.0 Å². The molecule has 1 unspecified atom stereocenters. The van der Waals surface area contributed by atoms with Crippen molar-refractivity contribution in [1.82, 2.24) is 15.0 Å². The summed E-state index contributed by atoms with van der Waals surface area (Å²) in [7, 11) is 3.03. The van der Waals surface area contributed by atoms with E-state index in [1.54, 1.807) is 24.5 Å². The lowest BCUT2D eigenvalue weighted by Gasteiger charge is -2.31. The van der Waals surface area contributed by atoms with Crippen molar-refractivity contribution in [3.63, 3.8) is 0 Å². The molecule has 1 aromatic heterocycles. The van der Waals surface area contributed by atoms with Crippen LogP contribution < -0.4 is 20.9 Å². The number of allylic oxidation sites excluding steroid dienone is 1. The molecule has 0 radical (unpaired) electrons. The Morgan fingerprint density at radius 3 is 2.49 bits per heavy atom. The summed E-state index contributed by atoms with van der Waals surface area (Å²) >= 11 is 0. The molecule has 1 aliphatic rings. The highest BCUT2D eigenvalue weighted by molar-refractivity contribution is 6.07. The number of nitrogen functional groups attached to an aromatic ring is 2. The van der Waals surface area contributed by atoms with Gasteiger partial charge in [-0.1, -0.05) is 53.6 Å². The van der Waals surface area contributed by atoms with Gasteiger partial charge in [0.25, 0.3) is 0 Å². The number of benzene rings is 3. The third-order valence-corrected chi connectivity index (χ3v) is 6.94. The van der Waals surface area contributed by atoms with E-state index in [9.17, 15) is 4.79 Å². The number of anilines is 2. The Morgan fingerprint density at radius 2 is 1.78 bits per heavy atom. The molecular weight excluding hydrogens is 516 g/mol. The number of hydrogen-bond donors (Lipinski definition) is 2. The molecule has 9 nitrogen and oxygen atoms in total. The van der Waals surface area contributed by atoms with Crippen LogP contribution in [0.4, 0.5) is 11.8 Å². The number of ether oxygens (including phenoxy) is 2. The number of hydrogen-bond acceptors (Lipinski definition) is 9. The van der Waals surface area contributed by atoms with Gasteiger partial charge in [-0.25, -0.2) is 4.98 Å². The Hall–Kier alpha value is -5.18. The van der Waals surface area contributed by atoms with Gasteiger partial charge in [-0.15, -0.1) is 0 Å². The van der Waals surface area contributed by atoms with Gasteiger partial charge < -0.3 is 20.9 Å². The molecule has 208 valence electrons. The molecule has 1 atom stereocenters. The monoisotopic (exact) mass is 548 g/mol. The van der Waals surface area contributed by atoms with Crippen LogP contribution in [0.25, 0.3) is 0 Å². The number of ketones is 1. The van der Waals surface area contributed by atoms with E-state index in [0.717, 1.165) is 33.4 Å². The van der Waals surface area contributed by atoms with E-state index in [4.69, 9.17) is 26.0 Å². The van der Waals surface area contributed by atoms with Gasteiger partial charge in [0.1, 0.15) is 11.9 Å². The lowest BCUT2D eigenvalue weighted by Crippen LogP contribution is -2.25. The number of fused-ring (bicyclic) bond motifs is 1. The Labute approximate surface area is 239 Å². The maximum Gasteiger partial charge on any atom is 0.221 e. The third-order valence-electron chi connectivity index (χ3n) is 6.94. The van der Waals surface area contributed by atoms with Crippen molar-refractivity contribution in [3.8, 4) is 11.5 Å². The number of rotatable bonds is 8. The minimum absolute atomic E-state index is 0.0988. The van der Waals surface area contributed by atoms with Gasteiger partial charge in [0.15, 0.2) is 17.3 Å². The largest absolute Gasteiger partial charge is 0.493 e. The average Bonchev–Trinajstić information content (AvgIpc) is 2.95. The summed E-state index contributed by atoms with van der Waals surface area (Å²) < 4.78 is 11.2. The predicted octanol–water partition coefficient (Wildman–Crippen LogP) is 5.00. The maximum absolute atomic E-state index is 13.7. The molecule has 3 aromatic carbocycles. The van der Waals surface area contributed by atoms with Crippen molar-refractivity contribution in [1.29, 1.82) is 0 Å². The Kier molecular flexibility index (Phi) is 7.69. The van der Waals surface area contributed by atoms with Crippen LogP contribution in [0.2, 0.25) is 0 Å². The molecule has 4 N–H and O–H groups in total. The minimum Gasteiger partial charge on any atom is -0.493 e. The highest BCUT2D eigenvalue weighted by Gasteiger charge is 2.26. The van der Waals surface area contributed by atoms with E-state index in [1.807, 2.05) is 29.4 Å². The zero-order chi connectivity index (χ0) is 29.1. The van der Waals surface area contributed by atoms with Crippen molar-refractivity contribution < 1.29 is 14.3 Å². The lowest BCUT2D eigenvalue weighted by atomic mass is 9.91. The van der Waals surface area contributed by atoms with E-state index in [0.29, 0.717) is 29.0 Å². The first-order valence-corrected chi connectivity index (χ1v) is 13.1. The molecule has 0 amide bonds. The second-order valence-electron chi connectivity index (χ2n) is 9.95. The standard InChI is InChI=1S/C32H32N6O3/c1-19-11-20(2)13-23(12-19)29-25-8-6-5-7-22(25)18-36-38(29)10-9-27(39)26-15-21(16-28(40-3)30(26)41-4)14-24-17-35-32(34)37-31(24)33/h5-13,15-18,29H,14H2,1-4H3,(H4,33,34,35,37)/b10-9+. The van der Waals surface area contributed by atoms with Crippen molar-refractivity contribution in [3.05, 3.63) is 118 Å². The number of aromatic nitrogens is 2. The van der Waals surface area contributed by atoms with Gasteiger partial charge >= 0.3 is 0 Å². The normalized spacial score (nSPS) is 14.2. The highest BCUT2D eigenvalue weighted by atomic mass is 16.5. The van der Waals surface area contributed by atoms with E-state index in [1.165, 1.54) is 20.3 Å². The van der Waals surface area contributed by atoms with Crippen LogP contribution >= 0.6 is 0 Å². The molecule has 0 aliphatic carbocycles. The van der Waals surface area contributed by atoms with Gasteiger partial charge in [-0.3, -0.25) is 9.80 Å². The second-order valence-corrected chi connectivity index (χ2v) is 9.95. The first kappa shape index (κ1) is 27.4. The summed E-state index contributed by atoms with van der Waals surface area (Å²) in [4.78, 5) is 21.8. The fourth-order valence-electron chi connectivity index (χ4n) is 5.17. The molecule has 9 heteroatoms. The first-order valence-electron chi connectivity index (χ1n) is 13.1. The molecule has 0 saturated heterocycles. The smallest absolute Gasteiger partial charge is 0.221 e. The fourth-order valence-corrected chi connectivity index (χ4v) is 5.17. The van der Waals surface area contributed by atoms with Crippen LogP contribution in [0.15, 0.2) is 78.2 Å². The van der Waals surface area contributed by atoms with Crippen LogP contribution in [-0.4, -0.2) is 41.2 Å². The quantitative estimate of drug-likeness (QED) is 0.232. The highest BCUT2D eigenvalue weighted by Crippen LogP contribution is 2.36. The summed E-state index contributed by atoms with van der Waals surface area (Å²) in [5, 5.41) is 6.51. The van der Waals surface area contributed by atoms with Gasteiger partial charge in [0, 0.05) is 36.0 Å². The molecule has 1 aliphatic heterocycles. The molecule has 0 bridgehead atoms. The van der Waals surface area contributed by atoms with Crippen molar-refractivity contribution in [2.45, 2.75) is 26.3 Å². The molecule has 0 fully saturated rings. The number of carbonyl (C=O) groups is 1. The van der Waals surface area contributed by atoms with E-state index in [2.05, 4.69) is 48.1 Å². The van der Waals surface area contributed by atoms with Gasteiger partial charge in [-0.2, -0.15) is 10.1 Å². The van der Waals surface area contributed by atoms with Crippen LogP contribution in [-0.2, 0) is 6.42 Å². The molecule has 5 rings (SSSR count). The molecule has 4 aromatic rings. The SMILES string of the molecule is COc1cc(Cc2cnc(N)nc2N)cc(C(=O)/C=C/N2N=Cc3ccccc3C2c2cc(C)cc(C)c2)c1OC. The number of aryl methyl sites for hydroxylation is 2. The van der Waals surface area contributed by atoms with Crippen molar-refractivity contribution in [2.75, 3.05) is 25.7 Å². The number of methoxy groups -OCH3 is 2. The van der Waals surface area contributed by atoms with Gasteiger partial charge in [-0.05, 0) is 42.7 Å². The van der Waals surface area contributed by atoms with Crippen LogP contribution in [0.1, 0.15) is 55.3 Å². The predicted molar refractivity (Wildman–Crippen MR) is 160 cm³/mol. The topological polar surface area (TPSA) is 129 Å². The first-order chi connectivity index (χ1) is 19.8. The number of carbonyl (C=O) groups excluding carboxylic acids is 1. The van der Waals surface area contributed by atoms with Gasteiger partial charge in [0.2, 0.25) is 5.95 Å². The molecule has 41 heavy (non-hydrogen) atoms. The summed E-state index contributed by atoms with van der Waals surface area (Å²) in [6, 6.07) is 18.0. The molecular formula is C32H32N6O3. The van der Waals surface area contributed by atoms with Crippen LogP contribution in [0.5, 0.6) is 11.5 Å². The Morgan fingerprint density at radius 1 is 1.02 bits per heavy atom. The maximum atomic E-state index is 13.7. The minimum atomic E-state index is -0.267. The lowest BCUT2D eigenvalue weighted by molar-refractivity contribution is 0.104. The number of hydrazone groups is 1. The fraction of sp³-hybridized carbons (Fsp3) is 0.188. The zero-order valence-electron chi connectivity index (χ0n) is 23.5. The molecule has 2 heterocycles. The van der Waals surface area contributed by atoms with E-state index in [-0.39, 0.29) is 23.6 Å². The van der Waals surface area contributed by atoms with E-state index < -0.39 is 0 Å². The molecule has 0 spiro atoms. The van der Waals surface area contributed by atoms with Crippen molar-refractivity contribution in [2.24, 2.45) is 5.10 Å². The van der Waals surface area contributed by atoms with Crippen LogP contribution in [0, 0.1) is 13.8 Å². The molecule has 0 saturated carbocycles. The third kappa shape index (κ3) is 5.74. The van der Waals surface area contributed by atoms with E-state index >= 15 is 0 Å². The number of nitrogens with two attached hydrogens (primary N) is 2. The summed E-state index contributed by atoms with van der Waals surface area (Å²) in [5.41, 5.74) is 19.1. The summed E-state index contributed by atoms with van der Waals surface area (Å²) in [6.45, 7) is 4.16. The summed E-state index contributed by atoms with van der Waals surface area (Å²) in [5.74, 6) is 0.875. The van der Waals surface area contributed by atoms with Crippen LogP contribution in [0.3, 0.4) is 0 Å². The van der Waals surface area contributed by atoms with Crippen molar-refractivity contribution >= 4 is 23.8 Å². The Balaban J connectivity index is 1.51.